The highest BCUT2D eigenvalue weighted by molar-refractivity contribution is 5.69. The van der Waals surface area contributed by atoms with Gasteiger partial charge in [0.05, 0.1) is 23.7 Å². The molecule has 6 heteroatoms. The van der Waals surface area contributed by atoms with E-state index in [1.54, 1.807) is 5.94 Å². The molecular formula is C11H13N3O3. The van der Waals surface area contributed by atoms with Crippen LogP contribution < -0.4 is 30.5 Å². The molecule has 0 spiro atoms. The van der Waals surface area contributed by atoms with Crippen molar-refractivity contribution in [3.8, 4) is 11.6 Å². The van der Waals surface area contributed by atoms with Gasteiger partial charge in [-0.05, 0) is 6.92 Å². The molecule has 17 heavy (non-hydrogen) atoms. The van der Waals surface area contributed by atoms with Gasteiger partial charge in [-0.3, -0.25) is 0 Å². The van der Waals surface area contributed by atoms with Crippen LogP contribution in [-0.4, -0.2) is 32.1 Å². The molecule has 90 valence electrons. The molecule has 0 bridgehead atoms. The molecule has 1 aromatic heterocycles. The predicted molar refractivity (Wildman–Crippen MR) is 62.0 cm³/mol. The number of hydrogen-bond acceptors (Lipinski definition) is 6. The molecule has 0 unspecified atom stereocenters. The number of carbonyl (C=O) groups excluding carboxylic acids is 1. The second-order valence-electron chi connectivity index (χ2n) is 3.85. The monoisotopic (exact) mass is 235 g/mol. The molecule has 0 saturated heterocycles. The Bertz CT molecular complexity index is 603. The summed E-state index contributed by atoms with van der Waals surface area (Å²) in [5.74, 6) is 2.52. The van der Waals surface area contributed by atoms with Gasteiger partial charge in [-0.25, -0.2) is 10.3 Å². The van der Waals surface area contributed by atoms with Gasteiger partial charge >= 0.3 is 0 Å². The Morgan fingerprint density at radius 1 is 1.47 bits per heavy atom. The number of methoxy groups -OCH3 is 1. The number of anilines is 1. The van der Waals surface area contributed by atoms with Crippen LogP contribution in [0.4, 0.5) is 5.69 Å². The highest BCUT2D eigenvalue weighted by atomic mass is 16.7. The van der Waals surface area contributed by atoms with Crippen molar-refractivity contribution < 1.29 is 14.4 Å². The van der Waals surface area contributed by atoms with Crippen LogP contribution in [0.2, 0.25) is 0 Å². The van der Waals surface area contributed by atoms with Crippen molar-refractivity contribution in [2.45, 2.75) is 6.92 Å². The maximum Gasteiger partial charge on any atom is 0.258 e. The minimum atomic E-state index is 0.103. The van der Waals surface area contributed by atoms with Crippen LogP contribution in [0.1, 0.15) is 6.92 Å². The fourth-order valence-corrected chi connectivity index (χ4v) is 1.81. The SMILES string of the molecule is COc1c(N(C)C)c2c(nc1=C=O)ONC=2C. The Balaban J connectivity index is 2.99. The second-order valence-corrected chi connectivity index (χ2v) is 3.85. The Morgan fingerprint density at radius 2 is 2.18 bits per heavy atom. The molecule has 0 saturated carbocycles. The van der Waals surface area contributed by atoms with Crippen LogP contribution in [0.5, 0.6) is 11.6 Å². The van der Waals surface area contributed by atoms with E-state index in [1.165, 1.54) is 7.11 Å². The molecule has 0 aliphatic carbocycles. The third kappa shape index (κ3) is 1.59. The topological polar surface area (TPSA) is 63.7 Å². The fraction of sp³-hybridized carbons (Fsp3) is 0.364. The summed E-state index contributed by atoms with van der Waals surface area (Å²) in [6.45, 7) is 1.87. The third-order valence-electron chi connectivity index (χ3n) is 2.52. The number of rotatable bonds is 2. The molecule has 6 nitrogen and oxygen atoms in total. The van der Waals surface area contributed by atoms with Crippen LogP contribution in [0, 0.1) is 0 Å². The summed E-state index contributed by atoms with van der Waals surface area (Å²) in [5, 5.41) is 0.900. The standard InChI is InChI=1S/C11H13N3O3/c1-6-8-9(14(2)3)10(16-4)7(5-15)12-11(8)17-13-6/h13H,1-4H3. The first-order chi connectivity index (χ1) is 8.10. The number of ether oxygens (including phenoxy) is 1. The Kier molecular flexibility index (Phi) is 2.65. The zero-order valence-electron chi connectivity index (χ0n) is 10.1. The summed E-state index contributed by atoms with van der Waals surface area (Å²) in [5.41, 5.74) is 4.30. The van der Waals surface area contributed by atoms with Crippen molar-refractivity contribution in [2.24, 2.45) is 0 Å². The Hall–Kier alpha value is -2.20. The highest BCUT2D eigenvalue weighted by Gasteiger charge is 2.22. The molecule has 1 aliphatic heterocycles. The lowest BCUT2D eigenvalue weighted by atomic mass is 10.2. The van der Waals surface area contributed by atoms with Crippen LogP contribution in [0.3, 0.4) is 0 Å². The van der Waals surface area contributed by atoms with E-state index >= 15 is 0 Å². The van der Waals surface area contributed by atoms with Gasteiger partial charge in [-0.2, -0.15) is 4.98 Å². The summed E-state index contributed by atoms with van der Waals surface area (Å²) in [6, 6.07) is 0. The van der Waals surface area contributed by atoms with E-state index in [0.29, 0.717) is 11.6 Å². The third-order valence-corrected chi connectivity index (χ3v) is 2.52. The van der Waals surface area contributed by atoms with Gasteiger partial charge in [0.2, 0.25) is 0 Å². The summed E-state index contributed by atoms with van der Waals surface area (Å²) in [7, 11) is 5.21. The van der Waals surface area contributed by atoms with Crippen LogP contribution in [0.15, 0.2) is 0 Å². The molecule has 0 radical (unpaired) electrons. The van der Waals surface area contributed by atoms with Gasteiger partial charge in [-0.15, -0.1) is 0 Å². The number of nitrogens with one attached hydrogen (secondary N) is 1. The summed E-state index contributed by atoms with van der Waals surface area (Å²) < 4.78 is 5.24. The van der Waals surface area contributed by atoms with Gasteiger partial charge in [0, 0.05) is 14.1 Å². The van der Waals surface area contributed by atoms with E-state index < -0.39 is 0 Å². The van der Waals surface area contributed by atoms with Crippen LogP contribution >= 0.6 is 0 Å². The summed E-state index contributed by atoms with van der Waals surface area (Å²) >= 11 is 0. The quantitative estimate of drug-likeness (QED) is 0.686. The summed E-state index contributed by atoms with van der Waals surface area (Å²) in [4.78, 5) is 22.0. The van der Waals surface area contributed by atoms with E-state index in [4.69, 9.17) is 9.57 Å². The number of hydroxylamine groups is 1. The lowest BCUT2D eigenvalue weighted by Gasteiger charge is -2.16. The van der Waals surface area contributed by atoms with Crippen LogP contribution in [0.25, 0.3) is 5.70 Å². The summed E-state index contributed by atoms with van der Waals surface area (Å²) in [6.07, 6.45) is 0. The largest absolute Gasteiger partial charge is 0.492 e. The van der Waals surface area contributed by atoms with Crippen molar-refractivity contribution in [3.63, 3.8) is 0 Å². The van der Waals surface area contributed by atoms with Crippen LogP contribution in [-0.2, 0) is 4.79 Å². The molecule has 0 amide bonds. The number of aromatic nitrogens is 1. The molecular weight excluding hydrogens is 222 g/mol. The molecule has 0 fully saturated rings. The average Bonchev–Trinajstić information content (AvgIpc) is 2.68. The lowest BCUT2D eigenvalue weighted by molar-refractivity contribution is 0.253. The van der Waals surface area contributed by atoms with Gasteiger partial charge < -0.3 is 14.5 Å². The molecule has 1 aromatic rings. The first-order valence-electron chi connectivity index (χ1n) is 5.04. The maximum atomic E-state index is 10.9. The second kappa shape index (κ2) is 3.99. The van der Waals surface area contributed by atoms with Gasteiger partial charge in [-0.1, -0.05) is 0 Å². The van der Waals surface area contributed by atoms with E-state index in [0.717, 1.165) is 16.6 Å². The van der Waals surface area contributed by atoms with E-state index in [9.17, 15) is 4.79 Å². The highest BCUT2D eigenvalue weighted by Crippen LogP contribution is 2.22. The molecule has 2 rings (SSSR count). The van der Waals surface area contributed by atoms with E-state index in [1.807, 2.05) is 25.9 Å². The minimum absolute atomic E-state index is 0.103. The van der Waals surface area contributed by atoms with Gasteiger partial charge in [0.15, 0.2) is 17.0 Å². The van der Waals surface area contributed by atoms with E-state index in [2.05, 4.69) is 10.5 Å². The average molecular weight is 235 g/mol. The molecule has 2 heterocycles. The minimum Gasteiger partial charge on any atom is -0.492 e. The smallest absolute Gasteiger partial charge is 0.258 e. The first kappa shape index (κ1) is 11.3. The van der Waals surface area contributed by atoms with Gasteiger partial charge in [0.1, 0.15) is 0 Å². The van der Waals surface area contributed by atoms with Crippen molar-refractivity contribution in [1.29, 1.82) is 0 Å². The number of nitrogens with zero attached hydrogens (tertiary/aromatic N) is 2. The van der Waals surface area contributed by atoms with Crippen molar-refractivity contribution in [2.75, 3.05) is 26.1 Å². The first-order valence-corrected chi connectivity index (χ1v) is 5.04. The van der Waals surface area contributed by atoms with Crippen molar-refractivity contribution in [1.82, 2.24) is 10.5 Å². The molecule has 1 N–H and O–H groups in total. The Labute approximate surface area is 98.1 Å². The maximum absolute atomic E-state index is 10.9. The molecule has 0 atom stereocenters. The van der Waals surface area contributed by atoms with E-state index in [-0.39, 0.29) is 5.35 Å². The normalized spacial score (nSPS) is 12.4. The zero-order valence-corrected chi connectivity index (χ0v) is 10.1. The number of hydrogen-bond donors (Lipinski definition) is 1. The zero-order chi connectivity index (χ0) is 12.6. The lowest BCUT2D eigenvalue weighted by Crippen LogP contribution is -2.27. The fourth-order valence-electron chi connectivity index (χ4n) is 1.81. The predicted octanol–water partition coefficient (Wildman–Crippen LogP) is -1.32. The van der Waals surface area contributed by atoms with Crippen molar-refractivity contribution >= 4 is 17.3 Å². The molecule has 1 aliphatic rings. The number of pyridine rings is 1. The van der Waals surface area contributed by atoms with Crippen molar-refractivity contribution in [3.05, 3.63) is 10.6 Å². The molecule has 0 aromatic carbocycles. The van der Waals surface area contributed by atoms with Gasteiger partial charge in [0.25, 0.3) is 5.88 Å². The Morgan fingerprint density at radius 3 is 2.71 bits per heavy atom. The number of fused-ring (bicyclic) bond motifs is 1.